The van der Waals surface area contributed by atoms with E-state index in [1.165, 1.54) is 5.56 Å². The second-order valence-electron chi connectivity index (χ2n) is 6.28. The van der Waals surface area contributed by atoms with Gasteiger partial charge in [0.05, 0.1) is 0 Å². The van der Waals surface area contributed by atoms with Crippen LogP contribution in [-0.4, -0.2) is 8.42 Å². The molecule has 27 heavy (non-hydrogen) atoms. The van der Waals surface area contributed by atoms with Crippen molar-refractivity contribution >= 4 is 22.3 Å². The lowest BCUT2D eigenvalue weighted by Crippen LogP contribution is -2.14. The highest BCUT2D eigenvalue weighted by atomic mass is 32.2. The van der Waals surface area contributed by atoms with Crippen molar-refractivity contribution in [1.29, 1.82) is 0 Å². The summed E-state index contributed by atoms with van der Waals surface area (Å²) in [4.78, 5) is 0. The first-order valence-electron chi connectivity index (χ1n) is 8.87. The lowest BCUT2D eigenvalue weighted by atomic mass is 10.0. The molecule has 2 aromatic rings. The molecule has 0 aromatic heterocycles. The summed E-state index contributed by atoms with van der Waals surface area (Å²) < 4.78 is 27.0. The fourth-order valence-corrected chi connectivity index (χ4v) is 3.27. The number of hydrogen-bond acceptors (Lipinski definition) is 4. The van der Waals surface area contributed by atoms with Crippen LogP contribution in [0, 0.1) is 0 Å². The Bertz CT molecular complexity index is 824. The fraction of sp³-hybridized carbons (Fsp3) is 0.273. The summed E-state index contributed by atoms with van der Waals surface area (Å²) in [5.74, 6) is 5.19. The molecule has 4 nitrogen and oxygen atoms in total. The predicted molar refractivity (Wildman–Crippen MR) is 114 cm³/mol. The van der Waals surface area contributed by atoms with Gasteiger partial charge in [0.15, 0.2) is 0 Å². The third-order valence-corrected chi connectivity index (χ3v) is 4.81. The van der Waals surface area contributed by atoms with Gasteiger partial charge in [-0.3, -0.25) is 0 Å². The number of hydrogen-bond donors (Lipinski definition) is 1. The maximum atomic E-state index is 11.5. The Kier molecular flexibility index (Phi) is 9.72. The summed E-state index contributed by atoms with van der Waals surface area (Å²) in [6.45, 7) is 8.16. The Morgan fingerprint density at radius 2 is 1.44 bits per heavy atom. The van der Waals surface area contributed by atoms with Crippen LogP contribution < -0.4 is 5.90 Å². The van der Waals surface area contributed by atoms with Gasteiger partial charge in [-0.05, 0) is 42.0 Å². The molecular formula is C22H29NO3S. The van der Waals surface area contributed by atoms with Crippen LogP contribution in [0.1, 0.15) is 55.9 Å². The van der Waals surface area contributed by atoms with Crippen LogP contribution in [0.3, 0.4) is 0 Å². The molecule has 2 rings (SSSR count). The molecule has 2 aromatic carbocycles. The zero-order valence-electron chi connectivity index (χ0n) is 16.4. The Hall–Kier alpha value is -2.21. The van der Waals surface area contributed by atoms with Crippen molar-refractivity contribution in [3.8, 4) is 0 Å². The molecule has 0 amide bonds. The Morgan fingerprint density at radius 3 is 1.81 bits per heavy atom. The normalized spacial score (nSPS) is 11.8. The molecule has 0 saturated heterocycles. The van der Waals surface area contributed by atoms with E-state index in [2.05, 4.69) is 42.4 Å². The average molecular weight is 388 g/mol. The van der Waals surface area contributed by atoms with Gasteiger partial charge in [-0.15, -0.1) is 0 Å². The van der Waals surface area contributed by atoms with Gasteiger partial charge in [0, 0.05) is 0 Å². The van der Waals surface area contributed by atoms with Crippen LogP contribution in [0.5, 0.6) is 0 Å². The molecular weight excluding hydrogens is 358 g/mol. The first kappa shape index (κ1) is 22.8. The van der Waals surface area contributed by atoms with Crippen LogP contribution in [0.2, 0.25) is 0 Å². The zero-order valence-corrected chi connectivity index (χ0v) is 17.2. The van der Waals surface area contributed by atoms with Gasteiger partial charge < -0.3 is 0 Å². The van der Waals surface area contributed by atoms with Gasteiger partial charge in [-0.1, -0.05) is 86.7 Å². The predicted octanol–water partition coefficient (Wildman–Crippen LogP) is 5.28. The minimum atomic E-state index is -3.74. The molecule has 0 aliphatic rings. The van der Waals surface area contributed by atoms with Gasteiger partial charge >= 0.3 is 0 Å². The second kappa shape index (κ2) is 11.5. The molecule has 0 aliphatic carbocycles. The number of benzene rings is 2. The van der Waals surface area contributed by atoms with Crippen molar-refractivity contribution in [3.05, 3.63) is 82.9 Å². The molecule has 0 radical (unpaired) electrons. The van der Waals surface area contributed by atoms with Crippen molar-refractivity contribution in [1.82, 2.24) is 0 Å². The number of nitrogens with two attached hydrogens (primary N) is 1. The van der Waals surface area contributed by atoms with Gasteiger partial charge in [0.2, 0.25) is 0 Å². The minimum Gasteiger partial charge on any atom is -0.198 e. The van der Waals surface area contributed by atoms with Crippen molar-refractivity contribution in [2.75, 3.05) is 0 Å². The van der Waals surface area contributed by atoms with E-state index in [0.717, 1.165) is 11.1 Å². The van der Waals surface area contributed by atoms with E-state index in [-0.39, 0.29) is 5.75 Å². The van der Waals surface area contributed by atoms with E-state index in [9.17, 15) is 8.42 Å². The van der Waals surface area contributed by atoms with Crippen LogP contribution in [0.15, 0.2) is 60.7 Å². The summed E-state index contributed by atoms with van der Waals surface area (Å²) in [6, 6.07) is 16.1. The summed E-state index contributed by atoms with van der Waals surface area (Å²) in [7, 11) is -3.74. The lowest BCUT2D eigenvalue weighted by molar-refractivity contribution is 0.332. The molecule has 0 aliphatic heterocycles. The Labute approximate surface area is 163 Å². The first-order chi connectivity index (χ1) is 12.8. The van der Waals surface area contributed by atoms with Crippen molar-refractivity contribution < 1.29 is 12.7 Å². The summed E-state index contributed by atoms with van der Waals surface area (Å²) >= 11 is 0. The molecule has 0 atom stereocenters. The Balaban J connectivity index is 0.000000337. The summed E-state index contributed by atoms with van der Waals surface area (Å²) in [5.41, 5.74) is 3.78. The highest BCUT2D eigenvalue weighted by Gasteiger charge is 2.15. The first-order valence-corrected chi connectivity index (χ1v) is 10.5. The van der Waals surface area contributed by atoms with E-state index in [4.69, 9.17) is 5.90 Å². The molecule has 5 heteroatoms. The summed E-state index contributed by atoms with van der Waals surface area (Å²) in [6.07, 6.45) is 7.42. The largest absolute Gasteiger partial charge is 0.287 e. The SMILES string of the molecule is CC(C)c1ccccc1.CC=Cc1cccc(C=CC)c1CS(=O)(=O)ON. The molecule has 0 fully saturated rings. The number of rotatable bonds is 6. The van der Waals surface area contributed by atoms with Gasteiger partial charge in [0.1, 0.15) is 5.75 Å². The molecule has 0 spiro atoms. The molecule has 2 N–H and O–H groups in total. The maximum Gasteiger partial charge on any atom is 0.287 e. The van der Waals surface area contributed by atoms with E-state index >= 15 is 0 Å². The van der Waals surface area contributed by atoms with Crippen molar-refractivity contribution in [2.45, 2.75) is 39.4 Å². The molecule has 0 unspecified atom stereocenters. The second-order valence-corrected chi connectivity index (χ2v) is 7.88. The van der Waals surface area contributed by atoms with E-state index in [1.54, 1.807) is 0 Å². The van der Waals surface area contributed by atoms with Crippen LogP contribution in [0.25, 0.3) is 12.2 Å². The molecule has 0 saturated carbocycles. The molecule has 146 valence electrons. The standard InChI is InChI=1S/C13H17NO3S.C9H12/c1-3-6-11-8-5-9-12(7-4-2)13(11)10-18(15,16)17-14;1-8(2)9-6-4-3-5-7-9/h3-9H,10,14H2,1-2H3;3-8H,1-2H3. The van der Waals surface area contributed by atoms with E-state index in [1.807, 2.05) is 62.4 Å². The van der Waals surface area contributed by atoms with Gasteiger partial charge in [-0.2, -0.15) is 18.6 Å². The van der Waals surface area contributed by atoms with Crippen molar-refractivity contribution in [2.24, 2.45) is 5.90 Å². The van der Waals surface area contributed by atoms with Crippen LogP contribution in [0.4, 0.5) is 0 Å². The van der Waals surface area contributed by atoms with E-state index < -0.39 is 10.1 Å². The molecule has 0 bridgehead atoms. The highest BCUT2D eigenvalue weighted by Crippen LogP contribution is 2.21. The Morgan fingerprint density at radius 1 is 0.926 bits per heavy atom. The van der Waals surface area contributed by atoms with Crippen molar-refractivity contribution in [3.63, 3.8) is 0 Å². The number of allylic oxidation sites excluding steroid dienone is 2. The molecule has 0 heterocycles. The third-order valence-electron chi connectivity index (χ3n) is 3.87. The smallest absolute Gasteiger partial charge is 0.198 e. The maximum absolute atomic E-state index is 11.5. The van der Waals surface area contributed by atoms with Crippen LogP contribution in [-0.2, 0) is 20.2 Å². The summed E-state index contributed by atoms with van der Waals surface area (Å²) in [5, 5.41) is 0. The fourth-order valence-electron chi connectivity index (χ4n) is 2.51. The monoisotopic (exact) mass is 387 g/mol. The minimum absolute atomic E-state index is 0.246. The lowest BCUT2D eigenvalue weighted by Gasteiger charge is -2.09. The highest BCUT2D eigenvalue weighted by molar-refractivity contribution is 7.85. The van der Waals surface area contributed by atoms with Gasteiger partial charge in [0.25, 0.3) is 10.1 Å². The van der Waals surface area contributed by atoms with Gasteiger partial charge in [-0.25, -0.2) is 0 Å². The van der Waals surface area contributed by atoms with E-state index in [0.29, 0.717) is 11.5 Å². The third kappa shape index (κ3) is 7.91. The van der Waals surface area contributed by atoms with Crippen LogP contribution >= 0.6 is 0 Å². The topological polar surface area (TPSA) is 69.4 Å². The zero-order chi connectivity index (χ0) is 20.3. The quantitative estimate of drug-likeness (QED) is 0.684. The average Bonchev–Trinajstić information content (AvgIpc) is 2.66.